The lowest BCUT2D eigenvalue weighted by Crippen LogP contribution is -2.23. The normalized spacial score (nSPS) is 13.2. The average molecular weight is 232 g/mol. The lowest BCUT2D eigenvalue weighted by molar-refractivity contribution is 0.824. The molecule has 1 aromatic rings. The van der Waals surface area contributed by atoms with E-state index in [-0.39, 0.29) is 5.48 Å². The molecule has 0 aliphatic carbocycles. The Balaban J connectivity index is 0.000000811. The topological polar surface area (TPSA) is 34.7 Å². The van der Waals surface area contributed by atoms with Crippen molar-refractivity contribution in [3.8, 4) is 0 Å². The first-order valence-electron chi connectivity index (χ1n) is 5.98. The molecule has 2 N–H and O–H groups in total. The van der Waals surface area contributed by atoms with Gasteiger partial charge in [0.2, 0.25) is 0 Å². The molecule has 1 heterocycles. The van der Waals surface area contributed by atoms with Crippen LogP contribution in [0.1, 0.15) is 25.8 Å². The van der Waals surface area contributed by atoms with E-state index in [9.17, 15) is 0 Å². The molecule has 0 unspecified atom stereocenters. The molecule has 2 rings (SSSR count). The monoisotopic (exact) mass is 232 g/mol. The summed E-state index contributed by atoms with van der Waals surface area (Å²) in [5, 5.41) is 0. The molecular formula is C15H22NO. The molecule has 0 fully saturated rings. The zero-order chi connectivity index (χ0) is 11.8. The highest BCUT2D eigenvalue weighted by Gasteiger charge is 2.04. The minimum atomic E-state index is 0. The van der Waals surface area contributed by atoms with Crippen molar-refractivity contribution in [2.75, 3.05) is 18.0 Å². The molecule has 0 amide bonds. The number of benzene rings is 1. The first-order valence-corrected chi connectivity index (χ1v) is 5.98. The molecule has 1 aliphatic rings. The van der Waals surface area contributed by atoms with Crippen molar-refractivity contribution in [1.82, 2.24) is 0 Å². The fourth-order valence-corrected chi connectivity index (χ4v) is 1.64. The summed E-state index contributed by atoms with van der Waals surface area (Å²) in [5.74, 6) is 0. The molecule has 93 valence electrons. The zero-order valence-electron chi connectivity index (χ0n) is 11.0. The quantitative estimate of drug-likeness (QED) is 0.686. The van der Waals surface area contributed by atoms with Gasteiger partial charge in [-0.2, -0.15) is 0 Å². The molecule has 0 saturated carbocycles. The molecule has 1 radical (unpaired) electrons. The minimum absolute atomic E-state index is 0. The Kier molecular flexibility index (Phi) is 7.87. The predicted molar refractivity (Wildman–Crippen MR) is 74.3 cm³/mol. The van der Waals surface area contributed by atoms with Crippen LogP contribution in [-0.2, 0) is 0 Å². The Morgan fingerprint density at radius 3 is 2.71 bits per heavy atom. The van der Waals surface area contributed by atoms with Gasteiger partial charge in [-0.1, -0.05) is 26.0 Å². The van der Waals surface area contributed by atoms with Gasteiger partial charge in [-0.15, -0.1) is 5.73 Å². The van der Waals surface area contributed by atoms with E-state index in [1.807, 2.05) is 19.9 Å². The van der Waals surface area contributed by atoms with E-state index in [1.165, 1.54) is 11.3 Å². The maximum absolute atomic E-state index is 3.11. The Morgan fingerprint density at radius 2 is 2.00 bits per heavy atom. The van der Waals surface area contributed by atoms with Crippen molar-refractivity contribution in [3.05, 3.63) is 47.7 Å². The second kappa shape index (κ2) is 8.63. The van der Waals surface area contributed by atoms with Crippen LogP contribution >= 0.6 is 0 Å². The summed E-state index contributed by atoms with van der Waals surface area (Å²) in [6.07, 6.45) is 6.11. The van der Waals surface area contributed by atoms with Gasteiger partial charge in [0.15, 0.2) is 0 Å². The Morgan fingerprint density at radius 1 is 1.24 bits per heavy atom. The highest BCUT2D eigenvalue weighted by molar-refractivity contribution is 5.49. The SMILES string of the molecule is CC.Cc1cccc(N2CC=C=[C]CC2)c1.O. The van der Waals surface area contributed by atoms with E-state index in [0.717, 1.165) is 19.5 Å². The van der Waals surface area contributed by atoms with Gasteiger partial charge in [0.1, 0.15) is 0 Å². The second-order valence-electron chi connectivity index (χ2n) is 3.56. The van der Waals surface area contributed by atoms with Crippen LogP contribution in [0.2, 0.25) is 0 Å². The maximum Gasteiger partial charge on any atom is 0.0434 e. The molecule has 2 heteroatoms. The van der Waals surface area contributed by atoms with Gasteiger partial charge >= 0.3 is 0 Å². The fourth-order valence-electron chi connectivity index (χ4n) is 1.64. The first kappa shape index (κ1) is 15.5. The van der Waals surface area contributed by atoms with Crippen LogP contribution in [0.15, 0.2) is 36.1 Å². The number of rotatable bonds is 1. The lowest BCUT2D eigenvalue weighted by atomic mass is 10.2. The van der Waals surface area contributed by atoms with Crippen molar-refractivity contribution in [2.24, 2.45) is 0 Å². The van der Waals surface area contributed by atoms with Crippen molar-refractivity contribution >= 4 is 5.69 Å². The van der Waals surface area contributed by atoms with Crippen LogP contribution < -0.4 is 4.90 Å². The van der Waals surface area contributed by atoms with Gasteiger partial charge in [-0.25, -0.2) is 0 Å². The molecule has 0 spiro atoms. The summed E-state index contributed by atoms with van der Waals surface area (Å²) in [7, 11) is 0. The zero-order valence-corrected chi connectivity index (χ0v) is 11.0. The molecule has 1 aliphatic heterocycles. The van der Waals surface area contributed by atoms with E-state index in [0.29, 0.717) is 0 Å². The van der Waals surface area contributed by atoms with Crippen LogP contribution in [0.5, 0.6) is 0 Å². The number of hydrogen-bond donors (Lipinski definition) is 0. The van der Waals surface area contributed by atoms with E-state index in [2.05, 4.69) is 47.9 Å². The number of hydrogen-bond acceptors (Lipinski definition) is 1. The van der Waals surface area contributed by atoms with Gasteiger partial charge in [0, 0.05) is 24.9 Å². The number of nitrogens with zero attached hydrogens (tertiary/aromatic N) is 1. The van der Waals surface area contributed by atoms with Gasteiger partial charge in [0.25, 0.3) is 0 Å². The van der Waals surface area contributed by atoms with Crippen molar-refractivity contribution in [1.29, 1.82) is 0 Å². The van der Waals surface area contributed by atoms with Gasteiger partial charge in [0.05, 0.1) is 0 Å². The van der Waals surface area contributed by atoms with Gasteiger partial charge in [-0.05, 0) is 37.1 Å². The maximum atomic E-state index is 3.11. The van der Waals surface area contributed by atoms with Gasteiger partial charge < -0.3 is 10.4 Å². The molecule has 0 saturated heterocycles. The van der Waals surface area contributed by atoms with Crippen LogP contribution in [0, 0.1) is 13.0 Å². The van der Waals surface area contributed by atoms with Crippen molar-refractivity contribution in [3.63, 3.8) is 0 Å². The van der Waals surface area contributed by atoms with Crippen molar-refractivity contribution < 1.29 is 5.48 Å². The van der Waals surface area contributed by atoms with E-state index < -0.39 is 0 Å². The predicted octanol–water partition coefficient (Wildman–Crippen LogP) is 2.92. The summed E-state index contributed by atoms with van der Waals surface area (Å²) in [4.78, 5) is 2.35. The smallest absolute Gasteiger partial charge is 0.0434 e. The molecule has 2 nitrogen and oxygen atoms in total. The summed E-state index contributed by atoms with van der Waals surface area (Å²) in [6.45, 7) is 8.10. The highest BCUT2D eigenvalue weighted by Crippen LogP contribution is 2.16. The molecule has 1 aromatic carbocycles. The Hall–Kier alpha value is -1.50. The molecule has 0 atom stereocenters. The summed E-state index contributed by atoms with van der Waals surface area (Å²) in [6, 6.07) is 8.61. The molecule has 17 heavy (non-hydrogen) atoms. The minimum Gasteiger partial charge on any atom is -0.412 e. The third kappa shape index (κ3) is 4.90. The fraction of sp³-hybridized carbons (Fsp3) is 0.400. The van der Waals surface area contributed by atoms with E-state index >= 15 is 0 Å². The Bertz CT molecular complexity index is 378. The van der Waals surface area contributed by atoms with E-state index in [4.69, 9.17) is 0 Å². The third-order valence-corrected chi connectivity index (χ3v) is 2.39. The average Bonchev–Trinajstić information content (AvgIpc) is 2.60. The second-order valence-corrected chi connectivity index (χ2v) is 3.56. The summed E-state index contributed by atoms with van der Waals surface area (Å²) in [5.41, 5.74) is 5.66. The standard InChI is InChI=1S/C13H14N.C2H6.H2O/c1-12-7-6-8-13(11-12)14-9-4-2-3-5-10-14;1-2;/h4,6-8,11H,5,9-10H2,1H3;1-2H3;1H2. The first-order chi connectivity index (χ1) is 7.86. The number of aryl methyl sites for hydroxylation is 1. The van der Waals surface area contributed by atoms with Crippen LogP contribution in [0.3, 0.4) is 0 Å². The van der Waals surface area contributed by atoms with Crippen LogP contribution in [-0.4, -0.2) is 18.6 Å². The largest absolute Gasteiger partial charge is 0.412 e. The van der Waals surface area contributed by atoms with Crippen molar-refractivity contribution in [2.45, 2.75) is 27.2 Å². The molecule has 0 bridgehead atoms. The van der Waals surface area contributed by atoms with E-state index in [1.54, 1.807) is 0 Å². The number of anilines is 1. The highest BCUT2D eigenvalue weighted by atomic mass is 16.0. The third-order valence-electron chi connectivity index (χ3n) is 2.39. The lowest BCUT2D eigenvalue weighted by Gasteiger charge is -2.21. The molecule has 0 aromatic heterocycles. The molecular weight excluding hydrogens is 210 g/mol. The van der Waals surface area contributed by atoms with Crippen LogP contribution in [0.4, 0.5) is 5.69 Å². The summed E-state index contributed by atoms with van der Waals surface area (Å²) >= 11 is 0. The van der Waals surface area contributed by atoms with Gasteiger partial charge in [-0.3, -0.25) is 0 Å². The summed E-state index contributed by atoms with van der Waals surface area (Å²) < 4.78 is 0. The Labute approximate surface area is 105 Å². The van der Waals surface area contributed by atoms with Crippen LogP contribution in [0.25, 0.3) is 0 Å².